The molecule has 5 nitrogen and oxygen atoms in total. The third-order valence-electron chi connectivity index (χ3n) is 2.92. The molecule has 0 radical (unpaired) electrons. The van der Waals surface area contributed by atoms with Crippen molar-refractivity contribution in [3.05, 3.63) is 30.4 Å². The Hall–Kier alpha value is -1.46. The summed E-state index contributed by atoms with van der Waals surface area (Å²) in [7, 11) is 3.70. The van der Waals surface area contributed by atoms with Crippen LogP contribution in [0, 0.1) is 0 Å². The quantitative estimate of drug-likeness (QED) is 0.768. The average molecular weight is 234 g/mol. The Morgan fingerprint density at radius 3 is 3.12 bits per heavy atom. The second kappa shape index (κ2) is 5.75. The number of hydrogen-bond donors (Lipinski definition) is 1. The fraction of sp³-hybridized carbons (Fsp3) is 0.500. The molecule has 0 aromatic carbocycles. The lowest BCUT2D eigenvalue weighted by Gasteiger charge is -2.14. The van der Waals surface area contributed by atoms with Crippen LogP contribution < -0.4 is 5.32 Å². The molecule has 0 bridgehead atoms. The summed E-state index contributed by atoms with van der Waals surface area (Å²) < 4.78 is 6.93. The number of fused-ring (bicyclic) bond motifs is 1. The van der Waals surface area contributed by atoms with Gasteiger partial charge >= 0.3 is 0 Å². The fourth-order valence-corrected chi connectivity index (χ4v) is 2.01. The van der Waals surface area contributed by atoms with Crippen LogP contribution in [0.3, 0.4) is 0 Å². The summed E-state index contributed by atoms with van der Waals surface area (Å²) in [6.45, 7) is 0.787. The maximum absolute atomic E-state index is 5.08. The fourth-order valence-electron chi connectivity index (χ4n) is 2.01. The van der Waals surface area contributed by atoms with Gasteiger partial charge in [-0.15, -0.1) is 0 Å². The van der Waals surface area contributed by atoms with Gasteiger partial charge in [-0.25, -0.2) is 4.52 Å². The predicted octanol–water partition coefficient (Wildman–Crippen LogP) is 1.42. The molecule has 1 unspecified atom stereocenters. The van der Waals surface area contributed by atoms with Gasteiger partial charge in [0.25, 0.3) is 0 Å². The van der Waals surface area contributed by atoms with E-state index in [0.29, 0.717) is 6.04 Å². The van der Waals surface area contributed by atoms with Crippen LogP contribution in [0.1, 0.15) is 24.4 Å². The Kier molecular flexibility index (Phi) is 4.06. The van der Waals surface area contributed by atoms with Crippen molar-refractivity contribution in [3.63, 3.8) is 0 Å². The molecule has 0 fully saturated rings. The normalized spacial score (nSPS) is 13.1. The molecule has 2 aromatic rings. The molecule has 1 atom stereocenters. The largest absolute Gasteiger partial charge is 0.385 e. The molecule has 0 amide bonds. The van der Waals surface area contributed by atoms with E-state index >= 15 is 0 Å². The summed E-state index contributed by atoms with van der Waals surface area (Å²) in [5.74, 6) is 0. The second-order valence-corrected chi connectivity index (χ2v) is 3.98. The lowest BCUT2D eigenvalue weighted by molar-refractivity contribution is 0.189. The van der Waals surface area contributed by atoms with Gasteiger partial charge in [0.15, 0.2) is 0 Å². The highest BCUT2D eigenvalue weighted by Gasteiger charge is 2.14. The minimum atomic E-state index is 0.298. The van der Waals surface area contributed by atoms with Crippen LogP contribution in [0.4, 0.5) is 0 Å². The summed E-state index contributed by atoms with van der Waals surface area (Å²) in [6, 6.07) is 0.298. The minimum absolute atomic E-state index is 0.298. The van der Waals surface area contributed by atoms with E-state index in [2.05, 4.69) is 15.4 Å². The van der Waals surface area contributed by atoms with Gasteiger partial charge in [0.05, 0.1) is 17.9 Å². The molecule has 0 aliphatic rings. The van der Waals surface area contributed by atoms with Gasteiger partial charge in [-0.1, -0.05) is 0 Å². The molecular formula is C12H18N4O. The van der Waals surface area contributed by atoms with E-state index in [-0.39, 0.29) is 0 Å². The zero-order valence-electron chi connectivity index (χ0n) is 10.3. The number of aromatic nitrogens is 3. The minimum Gasteiger partial charge on any atom is -0.385 e. The Bertz CT molecular complexity index is 468. The zero-order valence-corrected chi connectivity index (χ0v) is 10.3. The lowest BCUT2D eigenvalue weighted by atomic mass is 10.0. The molecule has 2 heterocycles. The SMILES string of the molecule is CNC(CCCOC)c1cnn2ccncc12. The van der Waals surface area contributed by atoms with E-state index in [1.54, 1.807) is 13.3 Å². The van der Waals surface area contributed by atoms with Crippen molar-refractivity contribution in [2.24, 2.45) is 0 Å². The van der Waals surface area contributed by atoms with Gasteiger partial charge in [-0.05, 0) is 19.9 Å². The first-order valence-electron chi connectivity index (χ1n) is 5.80. The zero-order chi connectivity index (χ0) is 12.1. The summed E-state index contributed by atoms with van der Waals surface area (Å²) in [5, 5.41) is 7.64. The highest BCUT2D eigenvalue weighted by Crippen LogP contribution is 2.22. The van der Waals surface area contributed by atoms with Crippen LogP contribution in [0.2, 0.25) is 0 Å². The molecule has 0 saturated carbocycles. The summed E-state index contributed by atoms with van der Waals surface area (Å²) in [5.41, 5.74) is 2.25. The van der Waals surface area contributed by atoms with Crippen LogP contribution in [0.5, 0.6) is 0 Å². The second-order valence-electron chi connectivity index (χ2n) is 3.98. The first-order chi connectivity index (χ1) is 8.36. The molecular weight excluding hydrogens is 216 g/mol. The molecule has 1 N–H and O–H groups in total. The van der Waals surface area contributed by atoms with Crippen molar-refractivity contribution in [3.8, 4) is 0 Å². The van der Waals surface area contributed by atoms with Crippen molar-refractivity contribution < 1.29 is 4.74 Å². The summed E-state index contributed by atoms with van der Waals surface area (Å²) >= 11 is 0. The summed E-state index contributed by atoms with van der Waals surface area (Å²) in [6.07, 6.45) is 9.41. The first-order valence-corrected chi connectivity index (χ1v) is 5.80. The van der Waals surface area contributed by atoms with Crippen molar-refractivity contribution in [1.82, 2.24) is 19.9 Å². The maximum atomic E-state index is 5.08. The van der Waals surface area contributed by atoms with E-state index in [9.17, 15) is 0 Å². The molecule has 0 aliphatic carbocycles. The van der Waals surface area contributed by atoms with Crippen molar-refractivity contribution in [2.45, 2.75) is 18.9 Å². The van der Waals surface area contributed by atoms with Crippen molar-refractivity contribution in [2.75, 3.05) is 20.8 Å². The van der Waals surface area contributed by atoms with Gasteiger partial charge in [0.2, 0.25) is 0 Å². The number of ether oxygens (including phenoxy) is 1. The predicted molar refractivity (Wildman–Crippen MR) is 65.9 cm³/mol. The van der Waals surface area contributed by atoms with Crippen LogP contribution in [-0.4, -0.2) is 35.4 Å². The van der Waals surface area contributed by atoms with Crippen molar-refractivity contribution in [1.29, 1.82) is 0 Å². The van der Waals surface area contributed by atoms with E-state index in [1.165, 1.54) is 5.56 Å². The Morgan fingerprint density at radius 1 is 1.47 bits per heavy atom. The third-order valence-corrected chi connectivity index (χ3v) is 2.92. The molecule has 92 valence electrons. The van der Waals surface area contributed by atoms with Gasteiger partial charge in [0, 0.05) is 37.7 Å². The Labute approximate surface area is 101 Å². The first kappa shape index (κ1) is 12.0. The van der Waals surface area contributed by atoms with Crippen molar-refractivity contribution >= 4 is 5.52 Å². The van der Waals surface area contributed by atoms with Crippen LogP contribution in [-0.2, 0) is 4.74 Å². The maximum Gasteiger partial charge on any atom is 0.0892 e. The van der Waals surface area contributed by atoms with E-state index in [4.69, 9.17) is 4.74 Å². The molecule has 0 spiro atoms. The Morgan fingerprint density at radius 2 is 2.35 bits per heavy atom. The topological polar surface area (TPSA) is 51.5 Å². The Balaban J connectivity index is 2.18. The van der Waals surface area contributed by atoms with E-state index in [1.807, 2.05) is 30.2 Å². The number of nitrogens with one attached hydrogen (secondary N) is 1. The highest BCUT2D eigenvalue weighted by molar-refractivity contribution is 5.53. The average Bonchev–Trinajstić information content (AvgIpc) is 2.79. The van der Waals surface area contributed by atoms with Gasteiger partial charge < -0.3 is 10.1 Å². The van der Waals surface area contributed by atoms with E-state index < -0.39 is 0 Å². The molecule has 0 saturated heterocycles. The lowest BCUT2D eigenvalue weighted by Crippen LogP contribution is -2.16. The molecule has 2 rings (SSSR count). The number of rotatable bonds is 6. The highest BCUT2D eigenvalue weighted by atomic mass is 16.5. The molecule has 0 aliphatic heterocycles. The molecule has 5 heteroatoms. The number of hydrogen-bond acceptors (Lipinski definition) is 4. The standard InChI is InChI=1S/C12H18N4O/c1-13-11(4-3-7-17-2)10-8-15-16-6-5-14-9-12(10)16/h5-6,8-9,11,13H,3-4,7H2,1-2H3. The van der Waals surface area contributed by atoms with Crippen LogP contribution in [0.25, 0.3) is 5.52 Å². The van der Waals surface area contributed by atoms with Crippen LogP contribution >= 0.6 is 0 Å². The number of methoxy groups -OCH3 is 1. The van der Waals surface area contributed by atoms with Gasteiger partial charge in [-0.3, -0.25) is 4.98 Å². The van der Waals surface area contributed by atoms with Gasteiger partial charge in [-0.2, -0.15) is 5.10 Å². The van der Waals surface area contributed by atoms with Crippen LogP contribution in [0.15, 0.2) is 24.8 Å². The van der Waals surface area contributed by atoms with E-state index in [0.717, 1.165) is 25.0 Å². The molecule has 2 aromatic heterocycles. The third kappa shape index (κ3) is 2.62. The molecule has 17 heavy (non-hydrogen) atoms. The van der Waals surface area contributed by atoms with Gasteiger partial charge in [0.1, 0.15) is 0 Å². The smallest absolute Gasteiger partial charge is 0.0892 e. The monoisotopic (exact) mass is 234 g/mol. The number of nitrogens with zero attached hydrogens (tertiary/aromatic N) is 3. The summed E-state index contributed by atoms with van der Waals surface area (Å²) in [4.78, 5) is 4.15.